The van der Waals surface area contributed by atoms with Crippen molar-refractivity contribution in [1.82, 2.24) is 49.9 Å². The number of cyclic esters (lactones) is 1. The molecule has 77 heavy (non-hydrogen) atoms. The van der Waals surface area contributed by atoms with Crippen LogP contribution in [0.5, 0.6) is 0 Å². The number of hydrogen-bond acceptors (Lipinski definition) is 14. The van der Waals surface area contributed by atoms with Crippen molar-refractivity contribution < 1.29 is 33.8 Å². The van der Waals surface area contributed by atoms with Crippen LogP contribution in [-0.4, -0.2) is 137 Å². The molecule has 19 heteroatoms. The molecule has 4 aliphatic heterocycles. The fourth-order valence-corrected chi connectivity index (χ4v) is 13.2. The third-order valence-corrected chi connectivity index (χ3v) is 17.0. The molecule has 3 aromatic heterocycles. The lowest BCUT2D eigenvalue weighted by atomic mass is 9.71. The largest absolute Gasteiger partial charge is 0.464 e. The number of nitriles is 2. The summed E-state index contributed by atoms with van der Waals surface area (Å²) in [6.45, 7) is 9.99. The third-order valence-electron chi connectivity index (χ3n) is 17.0. The number of aliphatic hydroxyl groups is 1. The number of methoxy groups -OCH3 is 1. The number of carbonyl (C=O) groups is 4. The van der Waals surface area contributed by atoms with Gasteiger partial charge >= 0.3 is 12.0 Å². The van der Waals surface area contributed by atoms with Crippen LogP contribution in [0.3, 0.4) is 0 Å². The van der Waals surface area contributed by atoms with E-state index in [-0.39, 0.29) is 55.7 Å². The van der Waals surface area contributed by atoms with Crippen LogP contribution in [0.2, 0.25) is 0 Å². The molecule has 19 nitrogen and oxygen atoms in total. The van der Waals surface area contributed by atoms with Crippen molar-refractivity contribution in [3.05, 3.63) is 89.8 Å². The van der Waals surface area contributed by atoms with Crippen LogP contribution in [0, 0.1) is 34.0 Å². The van der Waals surface area contributed by atoms with E-state index in [4.69, 9.17) is 14.5 Å². The standard InChI is InChI=1S/C58H70N12O7/c1-6-67-47-20-19-40-29-43(47)44(52(67)42-17-10-24-61-50(42)36(2)76-5)31-57(3,4)34-77-55(74)45-18-11-26-69(65-45)54(73)46(28-37-13-9-16-39(40)27-37)63-53(72)51(38-14-7-8-15-38)66-25-12-22-58(48(71)33-66)30-41(21-23-59)70(58)56(75)68-35-62-64-49(68)32-60/h9-10,13,16-17,19-20,24,27,29,35-36,38,41,45-46,48,51,65,71H,6-8,11-12,14-15,18,21-22,25-26,28,30-31,33-34H2,1-5H3,(H,63,72)/t36-,41?,45-,46-,48?,51-,58?/m0/s1. The Hall–Kier alpha value is -7.03. The minimum atomic E-state index is -1.11. The summed E-state index contributed by atoms with van der Waals surface area (Å²) in [5.41, 5.74) is 9.42. The highest BCUT2D eigenvalue weighted by atomic mass is 16.5. The number of aryl methyl sites for hydroxylation is 1. The van der Waals surface area contributed by atoms with Gasteiger partial charge in [-0.15, -0.1) is 10.2 Å². The Morgan fingerprint density at radius 3 is 2.60 bits per heavy atom. The number of amides is 3. The Bertz CT molecular complexity index is 3130. The van der Waals surface area contributed by atoms with Gasteiger partial charge in [-0.2, -0.15) is 10.5 Å². The van der Waals surface area contributed by atoms with Crippen LogP contribution in [0.1, 0.15) is 121 Å². The van der Waals surface area contributed by atoms with E-state index >= 15 is 9.59 Å². The molecule has 5 aliphatic rings. The molecule has 3 amide bonds. The number of likely N-dealkylation sites (tertiary alicyclic amines) is 2. The Balaban J connectivity index is 1.000. The van der Waals surface area contributed by atoms with Gasteiger partial charge < -0.3 is 29.4 Å². The maximum atomic E-state index is 15.4. The van der Waals surface area contributed by atoms with Crippen molar-refractivity contribution in [2.75, 3.05) is 33.4 Å². The van der Waals surface area contributed by atoms with E-state index in [0.717, 1.165) is 80.4 Å². The van der Waals surface area contributed by atoms with Crippen LogP contribution in [0.15, 0.2) is 67.1 Å². The second kappa shape index (κ2) is 22.1. The Morgan fingerprint density at radius 1 is 1.03 bits per heavy atom. The van der Waals surface area contributed by atoms with Gasteiger partial charge in [0, 0.05) is 67.3 Å². The summed E-state index contributed by atoms with van der Waals surface area (Å²) >= 11 is 0. The van der Waals surface area contributed by atoms with E-state index in [1.165, 1.54) is 16.2 Å². The number of benzene rings is 2. The van der Waals surface area contributed by atoms with Gasteiger partial charge in [0.15, 0.2) is 0 Å². The maximum Gasteiger partial charge on any atom is 0.332 e. The predicted octanol–water partition coefficient (Wildman–Crippen LogP) is 6.62. The fourth-order valence-electron chi connectivity index (χ4n) is 13.2. The first-order chi connectivity index (χ1) is 37.2. The quantitative estimate of drug-likeness (QED) is 0.132. The molecule has 3 N–H and O–H groups in total. The molecule has 3 unspecified atom stereocenters. The van der Waals surface area contributed by atoms with Gasteiger partial charge in [0.05, 0.1) is 54.3 Å². The van der Waals surface area contributed by atoms with Gasteiger partial charge in [0.1, 0.15) is 24.5 Å². The van der Waals surface area contributed by atoms with Crippen molar-refractivity contribution in [3.63, 3.8) is 0 Å². The Kier molecular flexibility index (Phi) is 15.3. The second-order valence-corrected chi connectivity index (χ2v) is 22.6. The molecule has 1 spiro atoms. The molecule has 6 bridgehead atoms. The van der Waals surface area contributed by atoms with E-state index in [0.29, 0.717) is 58.2 Å². The average Bonchev–Trinajstić information content (AvgIpc) is 4.39. The van der Waals surface area contributed by atoms with E-state index in [1.54, 1.807) is 13.3 Å². The molecular formula is C58H70N12O7. The molecule has 1 saturated carbocycles. The number of ether oxygens (including phenoxy) is 2. The summed E-state index contributed by atoms with van der Waals surface area (Å²) in [6.07, 6.45) is 8.10. The van der Waals surface area contributed by atoms with Gasteiger partial charge in [-0.25, -0.2) is 14.8 Å². The SMILES string of the molecule is CCn1c(-c2cccnc2[C@H](C)OC)c2c3cc(ccc31)-c1cccc(c1)C[C@H](NC(=O)[C@H](C1CCCC1)N1CCCC3(CC(CC#N)N3C(=O)n3cnnc3C#N)C(O)C1)C(=O)N1CCC[C@H](N1)C(=O)OCC(C)(C)C2. The molecule has 1 aliphatic carbocycles. The first-order valence-corrected chi connectivity index (χ1v) is 27.4. The highest BCUT2D eigenvalue weighted by Crippen LogP contribution is 2.47. The van der Waals surface area contributed by atoms with Crippen LogP contribution >= 0.6 is 0 Å². The molecule has 7 heterocycles. The van der Waals surface area contributed by atoms with Gasteiger partial charge in [-0.05, 0) is 124 Å². The van der Waals surface area contributed by atoms with Crippen LogP contribution in [0.25, 0.3) is 33.3 Å². The van der Waals surface area contributed by atoms with Crippen molar-refractivity contribution in [3.8, 4) is 34.5 Å². The molecule has 0 radical (unpaired) electrons. The summed E-state index contributed by atoms with van der Waals surface area (Å²) in [5, 5.41) is 45.1. The molecular weight excluding hydrogens is 977 g/mol. The molecule has 3 saturated heterocycles. The molecule has 4 fully saturated rings. The molecule has 2 aromatic carbocycles. The van der Waals surface area contributed by atoms with E-state index < -0.39 is 53.2 Å². The van der Waals surface area contributed by atoms with Crippen molar-refractivity contribution >= 4 is 34.7 Å². The zero-order valence-corrected chi connectivity index (χ0v) is 44.8. The summed E-state index contributed by atoms with van der Waals surface area (Å²) in [6, 6.07) is 19.1. The number of aromatic nitrogens is 5. The first-order valence-electron chi connectivity index (χ1n) is 27.4. The lowest BCUT2D eigenvalue weighted by Crippen LogP contribution is -2.74. The monoisotopic (exact) mass is 1050 g/mol. The third kappa shape index (κ3) is 10.2. The lowest BCUT2D eigenvalue weighted by Gasteiger charge is -2.59. The van der Waals surface area contributed by atoms with Crippen molar-refractivity contribution in [2.24, 2.45) is 11.3 Å². The minimum absolute atomic E-state index is 0.0398. The summed E-state index contributed by atoms with van der Waals surface area (Å²) in [4.78, 5) is 67.2. The number of rotatable bonds is 9. The number of fused-ring (bicyclic) bond motifs is 6. The van der Waals surface area contributed by atoms with E-state index in [9.17, 15) is 25.2 Å². The number of aliphatic hydroxyl groups excluding tert-OH is 1. The van der Waals surface area contributed by atoms with E-state index in [1.807, 2.05) is 36.1 Å². The summed E-state index contributed by atoms with van der Waals surface area (Å²) in [7, 11) is 1.69. The number of nitrogens with zero attached hydrogens (tertiary/aromatic N) is 10. The van der Waals surface area contributed by atoms with Crippen molar-refractivity contribution in [1.29, 1.82) is 10.5 Å². The molecule has 404 valence electrons. The van der Waals surface area contributed by atoms with Gasteiger partial charge in [-0.3, -0.25) is 29.3 Å². The van der Waals surface area contributed by atoms with Gasteiger partial charge in [0.2, 0.25) is 11.7 Å². The average molecular weight is 1050 g/mol. The predicted molar refractivity (Wildman–Crippen MR) is 285 cm³/mol. The minimum Gasteiger partial charge on any atom is -0.464 e. The highest BCUT2D eigenvalue weighted by Gasteiger charge is 2.59. The zero-order chi connectivity index (χ0) is 54.2. The number of esters is 1. The van der Waals surface area contributed by atoms with Crippen molar-refractivity contribution in [2.45, 2.75) is 153 Å². The highest BCUT2D eigenvalue weighted by molar-refractivity contribution is 5.96. The van der Waals surface area contributed by atoms with Crippen LogP contribution in [0.4, 0.5) is 4.79 Å². The van der Waals surface area contributed by atoms with E-state index in [2.05, 4.69) is 88.7 Å². The second-order valence-electron chi connectivity index (χ2n) is 22.6. The molecule has 5 aromatic rings. The van der Waals surface area contributed by atoms with Gasteiger partial charge in [0.25, 0.3) is 5.91 Å². The first kappa shape index (κ1) is 53.4. The molecule has 10 rings (SSSR count). The normalized spacial score (nSPS) is 25.0. The number of carbonyl (C=O) groups excluding carboxylic acids is 4. The number of hydrogen-bond donors (Lipinski definition) is 3. The smallest absolute Gasteiger partial charge is 0.332 e. The number of hydrazine groups is 1. The zero-order valence-electron chi connectivity index (χ0n) is 44.8. The number of nitrogens with one attached hydrogen (secondary N) is 2. The van der Waals surface area contributed by atoms with Crippen LogP contribution in [-0.2, 0) is 43.2 Å². The fraction of sp³-hybridized carbons (Fsp3) is 0.534. The van der Waals surface area contributed by atoms with Crippen LogP contribution < -0.4 is 10.7 Å². The Morgan fingerprint density at radius 2 is 1.83 bits per heavy atom. The number of pyridine rings is 1. The topological polar surface area (TPSA) is 237 Å². The lowest BCUT2D eigenvalue weighted by molar-refractivity contribution is -0.155. The molecule has 7 atom stereocenters. The summed E-state index contributed by atoms with van der Waals surface area (Å²) < 4.78 is 15.4. The van der Waals surface area contributed by atoms with Gasteiger partial charge in [-0.1, -0.05) is 57.0 Å². The summed E-state index contributed by atoms with van der Waals surface area (Å²) in [5.74, 6) is -1.43. The Labute approximate surface area is 449 Å². The number of β-amino-alcohol motifs (C(OH)–C–C–N with tert-alkyl or cyclic N) is 1. The maximum absolute atomic E-state index is 15.4.